The molecule has 0 radical (unpaired) electrons. The number of nitrogens with zero attached hydrogens (tertiary/aromatic N) is 1. The Kier molecular flexibility index (Phi) is 4.75. The van der Waals surface area contributed by atoms with Crippen LogP contribution in [0.3, 0.4) is 0 Å². The Balaban J connectivity index is 1.64. The number of hydrogen-bond donors (Lipinski definition) is 4. The molecular formula is C16H21N5O4. The van der Waals surface area contributed by atoms with E-state index in [-0.39, 0.29) is 30.2 Å². The summed E-state index contributed by atoms with van der Waals surface area (Å²) in [6.07, 6.45) is 0.223. The first-order chi connectivity index (χ1) is 12.0. The van der Waals surface area contributed by atoms with Crippen molar-refractivity contribution in [2.24, 2.45) is 11.7 Å². The Morgan fingerprint density at radius 2 is 2.08 bits per heavy atom. The van der Waals surface area contributed by atoms with Crippen molar-refractivity contribution in [3.8, 4) is 5.75 Å². The van der Waals surface area contributed by atoms with Gasteiger partial charge in [0.1, 0.15) is 5.75 Å². The maximum atomic E-state index is 12.5. The molecule has 25 heavy (non-hydrogen) atoms. The second-order valence-electron chi connectivity index (χ2n) is 6.15. The van der Waals surface area contributed by atoms with Crippen molar-refractivity contribution < 1.29 is 19.1 Å². The van der Waals surface area contributed by atoms with Gasteiger partial charge in [0, 0.05) is 37.8 Å². The minimum atomic E-state index is -0.704. The largest absolute Gasteiger partial charge is 0.494 e. The standard InChI is InChI=1S/C16H21N5O4/c1-25-13-5-10(2-3-12(13)20-16(17)24)19-15(23)9-4-14(22)21(8-9)11-6-18-7-11/h2-3,5,9,11,18H,4,6-8H2,1H3,(H,19,23)(H3,17,20,24). The highest BCUT2D eigenvalue weighted by atomic mass is 16.5. The quantitative estimate of drug-likeness (QED) is 0.594. The van der Waals surface area contributed by atoms with E-state index in [9.17, 15) is 14.4 Å². The molecule has 2 aliphatic rings. The highest BCUT2D eigenvalue weighted by Gasteiger charge is 2.39. The van der Waals surface area contributed by atoms with E-state index in [0.29, 0.717) is 23.7 Å². The van der Waals surface area contributed by atoms with Gasteiger partial charge in [-0.25, -0.2) is 4.79 Å². The summed E-state index contributed by atoms with van der Waals surface area (Å²) in [5, 5.41) is 8.37. The van der Waals surface area contributed by atoms with Crippen LogP contribution in [-0.2, 0) is 9.59 Å². The van der Waals surface area contributed by atoms with Crippen LogP contribution in [0.1, 0.15) is 6.42 Å². The molecule has 1 aromatic carbocycles. The zero-order valence-corrected chi connectivity index (χ0v) is 13.9. The van der Waals surface area contributed by atoms with Crippen molar-refractivity contribution in [1.29, 1.82) is 0 Å². The predicted molar refractivity (Wildman–Crippen MR) is 91.3 cm³/mol. The van der Waals surface area contributed by atoms with Crippen LogP contribution in [0.5, 0.6) is 5.75 Å². The molecule has 2 aliphatic heterocycles. The SMILES string of the molecule is COc1cc(NC(=O)C2CC(=O)N(C3CNC3)C2)ccc1NC(N)=O. The number of hydrogen-bond acceptors (Lipinski definition) is 5. The fourth-order valence-corrected chi connectivity index (χ4v) is 3.00. The fourth-order valence-electron chi connectivity index (χ4n) is 3.00. The number of amides is 4. The molecule has 1 atom stereocenters. The number of methoxy groups -OCH3 is 1. The van der Waals surface area contributed by atoms with Crippen LogP contribution < -0.4 is 26.4 Å². The van der Waals surface area contributed by atoms with E-state index in [2.05, 4.69) is 16.0 Å². The molecule has 0 saturated carbocycles. The average Bonchev–Trinajstić information content (AvgIpc) is 2.88. The van der Waals surface area contributed by atoms with E-state index in [1.54, 1.807) is 23.1 Å². The lowest BCUT2D eigenvalue weighted by Gasteiger charge is -2.35. The van der Waals surface area contributed by atoms with Crippen LogP contribution in [0.25, 0.3) is 0 Å². The van der Waals surface area contributed by atoms with Crippen LogP contribution >= 0.6 is 0 Å². The molecule has 134 valence electrons. The molecule has 1 aromatic rings. The lowest BCUT2D eigenvalue weighted by atomic mass is 10.1. The van der Waals surface area contributed by atoms with E-state index in [1.807, 2.05) is 0 Å². The number of primary amides is 1. The van der Waals surface area contributed by atoms with E-state index >= 15 is 0 Å². The zero-order valence-electron chi connectivity index (χ0n) is 13.9. The first-order valence-corrected chi connectivity index (χ1v) is 8.03. The highest BCUT2D eigenvalue weighted by Crippen LogP contribution is 2.29. The molecule has 2 heterocycles. The molecule has 1 unspecified atom stereocenters. The van der Waals surface area contributed by atoms with Crippen molar-refractivity contribution >= 4 is 29.2 Å². The normalized spacial score (nSPS) is 20.1. The minimum Gasteiger partial charge on any atom is -0.494 e. The molecule has 5 N–H and O–H groups in total. The summed E-state index contributed by atoms with van der Waals surface area (Å²) in [6, 6.07) is 4.31. The maximum absolute atomic E-state index is 12.5. The van der Waals surface area contributed by atoms with Gasteiger partial charge in [0.05, 0.1) is 24.8 Å². The maximum Gasteiger partial charge on any atom is 0.316 e. The lowest BCUT2D eigenvalue weighted by Crippen LogP contribution is -2.57. The van der Waals surface area contributed by atoms with Crippen molar-refractivity contribution in [1.82, 2.24) is 10.2 Å². The Morgan fingerprint density at radius 3 is 2.68 bits per heavy atom. The van der Waals surface area contributed by atoms with Gasteiger partial charge in [0.2, 0.25) is 11.8 Å². The smallest absolute Gasteiger partial charge is 0.316 e. The third-order valence-corrected chi connectivity index (χ3v) is 4.46. The number of nitrogens with two attached hydrogens (primary N) is 1. The van der Waals surface area contributed by atoms with E-state index < -0.39 is 6.03 Å². The first-order valence-electron chi connectivity index (χ1n) is 8.03. The number of carbonyl (C=O) groups excluding carboxylic acids is 3. The number of nitrogens with one attached hydrogen (secondary N) is 3. The van der Waals surface area contributed by atoms with E-state index in [0.717, 1.165) is 13.1 Å². The third kappa shape index (κ3) is 3.66. The number of benzene rings is 1. The number of urea groups is 1. The van der Waals surface area contributed by atoms with Gasteiger partial charge in [-0.15, -0.1) is 0 Å². The molecule has 0 spiro atoms. The number of likely N-dealkylation sites (tertiary alicyclic amines) is 1. The van der Waals surface area contributed by atoms with E-state index in [1.165, 1.54) is 7.11 Å². The summed E-state index contributed by atoms with van der Waals surface area (Å²) in [5.74, 6) is -0.185. The Labute approximate surface area is 144 Å². The molecule has 2 saturated heterocycles. The third-order valence-electron chi connectivity index (χ3n) is 4.46. The number of anilines is 2. The molecule has 0 bridgehead atoms. The van der Waals surface area contributed by atoms with Gasteiger partial charge in [-0.2, -0.15) is 0 Å². The second-order valence-corrected chi connectivity index (χ2v) is 6.15. The summed E-state index contributed by atoms with van der Waals surface area (Å²) >= 11 is 0. The van der Waals surface area contributed by atoms with Gasteiger partial charge >= 0.3 is 6.03 Å². The monoisotopic (exact) mass is 347 g/mol. The fraction of sp³-hybridized carbons (Fsp3) is 0.438. The van der Waals surface area contributed by atoms with Gasteiger partial charge in [-0.1, -0.05) is 0 Å². The highest BCUT2D eigenvalue weighted by molar-refractivity contribution is 5.98. The lowest BCUT2D eigenvalue weighted by molar-refractivity contribution is -0.130. The van der Waals surface area contributed by atoms with Crippen LogP contribution in [0.4, 0.5) is 16.2 Å². The van der Waals surface area contributed by atoms with Crippen LogP contribution in [-0.4, -0.2) is 55.5 Å². The number of rotatable bonds is 5. The molecule has 4 amide bonds. The number of ether oxygens (including phenoxy) is 1. The molecular weight excluding hydrogens is 326 g/mol. The average molecular weight is 347 g/mol. The van der Waals surface area contributed by atoms with Crippen LogP contribution in [0.15, 0.2) is 18.2 Å². The van der Waals surface area contributed by atoms with Gasteiger partial charge in [-0.05, 0) is 12.1 Å². The Hall–Kier alpha value is -2.81. The van der Waals surface area contributed by atoms with Gasteiger partial charge in [0.25, 0.3) is 0 Å². The summed E-state index contributed by atoms with van der Waals surface area (Å²) in [7, 11) is 1.45. The van der Waals surface area contributed by atoms with Gasteiger partial charge in [0.15, 0.2) is 0 Å². The summed E-state index contributed by atoms with van der Waals surface area (Å²) in [5.41, 5.74) is 6.03. The summed E-state index contributed by atoms with van der Waals surface area (Å²) in [6.45, 7) is 2.01. The predicted octanol–water partition coefficient (Wildman–Crippen LogP) is -0.0554. The van der Waals surface area contributed by atoms with E-state index in [4.69, 9.17) is 10.5 Å². The molecule has 9 heteroatoms. The zero-order chi connectivity index (χ0) is 18.0. The summed E-state index contributed by atoms with van der Waals surface area (Å²) < 4.78 is 5.19. The van der Waals surface area contributed by atoms with Crippen molar-refractivity contribution in [2.75, 3.05) is 37.4 Å². The Bertz CT molecular complexity index is 704. The molecule has 9 nitrogen and oxygen atoms in total. The van der Waals surface area contributed by atoms with Crippen LogP contribution in [0.2, 0.25) is 0 Å². The minimum absolute atomic E-state index is 0.0187. The van der Waals surface area contributed by atoms with Crippen molar-refractivity contribution in [3.05, 3.63) is 18.2 Å². The number of carbonyl (C=O) groups is 3. The van der Waals surface area contributed by atoms with Gasteiger partial charge in [-0.3, -0.25) is 9.59 Å². The molecule has 0 aromatic heterocycles. The second kappa shape index (κ2) is 6.98. The molecule has 2 fully saturated rings. The topological polar surface area (TPSA) is 126 Å². The van der Waals surface area contributed by atoms with Gasteiger partial charge < -0.3 is 31.3 Å². The van der Waals surface area contributed by atoms with Crippen molar-refractivity contribution in [2.45, 2.75) is 12.5 Å². The summed E-state index contributed by atoms with van der Waals surface area (Å²) in [4.78, 5) is 37.3. The first kappa shape index (κ1) is 17.0. The Morgan fingerprint density at radius 1 is 1.32 bits per heavy atom. The molecule has 0 aliphatic carbocycles. The molecule has 3 rings (SSSR count). The van der Waals surface area contributed by atoms with Crippen molar-refractivity contribution in [3.63, 3.8) is 0 Å². The van der Waals surface area contributed by atoms with Crippen LogP contribution in [0, 0.1) is 5.92 Å².